The Morgan fingerprint density at radius 3 is 2.05 bits per heavy atom. The molecule has 0 aromatic heterocycles. The molecule has 1 aliphatic rings. The standard InChI is InChI=1S/C33H27N3O4S/c1-22-9-5-6-12-24(22)21-29(35-30(37)23-10-3-2-4-11-23)31(38)34-25-15-17-26(18-16-25)41-20-19-36-32(39)27-13-7-8-14-28(27)33(36)40/h2-18,21H,19-20H2,1H3,(H,34,38)(H,35,37)/b29-21-. The van der Waals surface area contributed by atoms with E-state index in [9.17, 15) is 19.2 Å². The van der Waals surface area contributed by atoms with Gasteiger partial charge in [-0.05, 0) is 72.7 Å². The number of benzene rings is 4. The first-order valence-electron chi connectivity index (χ1n) is 13.0. The van der Waals surface area contributed by atoms with Gasteiger partial charge in [0.25, 0.3) is 23.6 Å². The maximum atomic E-state index is 13.3. The fourth-order valence-corrected chi connectivity index (χ4v) is 5.21. The summed E-state index contributed by atoms with van der Waals surface area (Å²) >= 11 is 1.51. The molecule has 0 aliphatic carbocycles. The zero-order valence-corrected chi connectivity index (χ0v) is 23.1. The molecule has 0 unspecified atom stereocenters. The van der Waals surface area contributed by atoms with E-state index in [1.54, 1.807) is 66.7 Å². The second kappa shape index (κ2) is 12.5. The number of hydrogen-bond acceptors (Lipinski definition) is 5. The topological polar surface area (TPSA) is 95.6 Å². The summed E-state index contributed by atoms with van der Waals surface area (Å²) in [6.07, 6.45) is 1.66. The number of nitrogens with one attached hydrogen (secondary N) is 2. The summed E-state index contributed by atoms with van der Waals surface area (Å²) in [6, 6.07) is 30.4. The Balaban J connectivity index is 1.22. The maximum Gasteiger partial charge on any atom is 0.272 e. The molecular formula is C33H27N3O4S. The van der Waals surface area contributed by atoms with Gasteiger partial charge >= 0.3 is 0 Å². The van der Waals surface area contributed by atoms with Crippen LogP contribution < -0.4 is 10.6 Å². The summed E-state index contributed by atoms with van der Waals surface area (Å²) in [7, 11) is 0. The third kappa shape index (κ3) is 6.45. The van der Waals surface area contributed by atoms with E-state index in [0.717, 1.165) is 16.0 Å². The number of imide groups is 1. The zero-order valence-electron chi connectivity index (χ0n) is 22.3. The van der Waals surface area contributed by atoms with Crippen LogP contribution in [-0.4, -0.2) is 40.8 Å². The molecule has 41 heavy (non-hydrogen) atoms. The number of aryl methyl sites for hydroxylation is 1. The molecule has 4 aromatic carbocycles. The van der Waals surface area contributed by atoms with E-state index in [4.69, 9.17) is 0 Å². The van der Waals surface area contributed by atoms with Crippen LogP contribution in [-0.2, 0) is 4.79 Å². The molecule has 0 fully saturated rings. The highest BCUT2D eigenvalue weighted by Crippen LogP contribution is 2.25. The molecule has 2 N–H and O–H groups in total. The molecule has 0 saturated heterocycles. The lowest BCUT2D eigenvalue weighted by Crippen LogP contribution is -2.31. The molecule has 1 aliphatic heterocycles. The van der Waals surface area contributed by atoms with Gasteiger partial charge < -0.3 is 10.6 Å². The fourth-order valence-electron chi connectivity index (χ4n) is 4.38. The van der Waals surface area contributed by atoms with Crippen molar-refractivity contribution in [2.45, 2.75) is 11.8 Å². The first kappa shape index (κ1) is 27.6. The largest absolute Gasteiger partial charge is 0.321 e. The molecule has 4 aromatic rings. The summed E-state index contributed by atoms with van der Waals surface area (Å²) < 4.78 is 0. The van der Waals surface area contributed by atoms with Gasteiger partial charge in [-0.1, -0.05) is 54.6 Å². The summed E-state index contributed by atoms with van der Waals surface area (Å²) in [5, 5.41) is 5.61. The summed E-state index contributed by atoms with van der Waals surface area (Å²) in [4.78, 5) is 53.5. The van der Waals surface area contributed by atoms with Crippen molar-refractivity contribution < 1.29 is 19.2 Å². The number of anilines is 1. The molecule has 0 spiro atoms. The molecule has 1 heterocycles. The normalized spacial score (nSPS) is 12.7. The number of carbonyl (C=O) groups excluding carboxylic acids is 4. The van der Waals surface area contributed by atoms with Crippen LogP contribution in [0.1, 0.15) is 42.2 Å². The average molecular weight is 562 g/mol. The number of nitrogens with zero attached hydrogens (tertiary/aromatic N) is 1. The highest BCUT2D eigenvalue weighted by molar-refractivity contribution is 7.99. The van der Waals surface area contributed by atoms with E-state index >= 15 is 0 Å². The van der Waals surface area contributed by atoms with Crippen LogP contribution in [0.3, 0.4) is 0 Å². The van der Waals surface area contributed by atoms with Crippen LogP contribution in [0.5, 0.6) is 0 Å². The third-order valence-electron chi connectivity index (χ3n) is 6.59. The van der Waals surface area contributed by atoms with Crippen LogP contribution in [0.25, 0.3) is 6.08 Å². The summed E-state index contributed by atoms with van der Waals surface area (Å²) in [5.74, 6) is -0.836. The molecular weight excluding hydrogens is 534 g/mol. The van der Waals surface area contributed by atoms with Crippen LogP contribution in [0.2, 0.25) is 0 Å². The molecule has 0 radical (unpaired) electrons. The Kier molecular flexibility index (Phi) is 8.41. The van der Waals surface area contributed by atoms with Crippen molar-refractivity contribution >= 4 is 47.2 Å². The summed E-state index contributed by atoms with van der Waals surface area (Å²) in [6.45, 7) is 2.23. The van der Waals surface area contributed by atoms with Gasteiger partial charge in [0.15, 0.2) is 0 Å². The highest BCUT2D eigenvalue weighted by Gasteiger charge is 2.34. The molecule has 204 valence electrons. The fraction of sp³-hybridized carbons (Fsp3) is 0.0909. The van der Waals surface area contributed by atoms with E-state index in [-0.39, 0.29) is 23.4 Å². The lowest BCUT2D eigenvalue weighted by molar-refractivity contribution is -0.113. The van der Waals surface area contributed by atoms with Crippen molar-refractivity contribution in [2.75, 3.05) is 17.6 Å². The van der Waals surface area contributed by atoms with Gasteiger partial charge in [0, 0.05) is 28.4 Å². The van der Waals surface area contributed by atoms with Gasteiger partial charge in [0.05, 0.1) is 11.1 Å². The van der Waals surface area contributed by atoms with Crippen molar-refractivity contribution in [1.82, 2.24) is 10.2 Å². The predicted molar refractivity (Wildman–Crippen MR) is 161 cm³/mol. The van der Waals surface area contributed by atoms with E-state index in [2.05, 4.69) is 10.6 Å². The van der Waals surface area contributed by atoms with E-state index < -0.39 is 5.91 Å². The number of hydrogen-bond donors (Lipinski definition) is 2. The van der Waals surface area contributed by atoms with E-state index in [1.807, 2.05) is 49.4 Å². The smallest absolute Gasteiger partial charge is 0.272 e. The Morgan fingerprint density at radius 1 is 0.780 bits per heavy atom. The van der Waals surface area contributed by atoms with Gasteiger partial charge in [-0.25, -0.2) is 0 Å². The number of fused-ring (bicyclic) bond motifs is 1. The minimum Gasteiger partial charge on any atom is -0.321 e. The SMILES string of the molecule is Cc1ccccc1/C=C(\NC(=O)c1ccccc1)C(=O)Nc1ccc(SCCN2C(=O)c3ccccc3C2=O)cc1. The monoisotopic (exact) mass is 561 g/mol. The van der Waals surface area contributed by atoms with Crippen LogP contribution in [0.4, 0.5) is 5.69 Å². The Hall–Kier alpha value is -4.95. The van der Waals surface area contributed by atoms with Gasteiger partial charge in [-0.3, -0.25) is 24.1 Å². The Bertz CT molecular complexity index is 1610. The van der Waals surface area contributed by atoms with Crippen LogP contribution in [0, 0.1) is 6.92 Å². The molecule has 0 saturated carbocycles. The van der Waals surface area contributed by atoms with Crippen molar-refractivity contribution in [3.05, 3.63) is 137 Å². The molecule has 0 bridgehead atoms. The van der Waals surface area contributed by atoms with Crippen LogP contribution >= 0.6 is 11.8 Å². The maximum absolute atomic E-state index is 13.3. The predicted octanol–water partition coefficient (Wildman–Crippen LogP) is 5.79. The quantitative estimate of drug-likeness (QED) is 0.153. The minimum atomic E-state index is -0.455. The molecule has 5 rings (SSSR count). The molecule has 4 amide bonds. The third-order valence-corrected chi connectivity index (χ3v) is 7.58. The molecule has 7 nitrogen and oxygen atoms in total. The Labute approximate surface area is 242 Å². The first-order chi connectivity index (χ1) is 19.9. The van der Waals surface area contributed by atoms with Gasteiger partial charge in [0.1, 0.15) is 5.70 Å². The average Bonchev–Trinajstić information content (AvgIpc) is 3.24. The molecule has 0 atom stereocenters. The lowest BCUT2D eigenvalue weighted by Gasteiger charge is -2.14. The van der Waals surface area contributed by atoms with Crippen molar-refractivity contribution in [2.24, 2.45) is 0 Å². The Morgan fingerprint density at radius 2 is 1.39 bits per heavy atom. The molecule has 8 heteroatoms. The van der Waals surface area contributed by atoms with Crippen LogP contribution in [0.15, 0.2) is 114 Å². The zero-order chi connectivity index (χ0) is 28.8. The van der Waals surface area contributed by atoms with E-state index in [1.165, 1.54) is 16.7 Å². The van der Waals surface area contributed by atoms with Gasteiger partial charge in [0.2, 0.25) is 0 Å². The van der Waals surface area contributed by atoms with E-state index in [0.29, 0.717) is 34.7 Å². The van der Waals surface area contributed by atoms with Crippen molar-refractivity contribution in [1.29, 1.82) is 0 Å². The first-order valence-corrected chi connectivity index (χ1v) is 14.0. The minimum absolute atomic E-state index is 0.118. The number of amides is 4. The van der Waals surface area contributed by atoms with Gasteiger partial charge in [-0.15, -0.1) is 11.8 Å². The number of carbonyl (C=O) groups is 4. The summed E-state index contributed by atoms with van der Waals surface area (Å²) in [5.41, 5.74) is 3.79. The van der Waals surface area contributed by atoms with Crippen molar-refractivity contribution in [3.63, 3.8) is 0 Å². The lowest BCUT2D eigenvalue weighted by atomic mass is 10.1. The highest BCUT2D eigenvalue weighted by atomic mass is 32.2. The number of thioether (sulfide) groups is 1. The second-order valence-electron chi connectivity index (χ2n) is 9.37. The van der Waals surface area contributed by atoms with Crippen molar-refractivity contribution in [3.8, 4) is 0 Å². The van der Waals surface area contributed by atoms with Gasteiger partial charge in [-0.2, -0.15) is 0 Å². The number of rotatable bonds is 9. The second-order valence-corrected chi connectivity index (χ2v) is 10.5.